The Kier molecular flexibility index (Phi) is 3.95. The quantitative estimate of drug-likeness (QED) is 0.869. The van der Waals surface area contributed by atoms with E-state index in [2.05, 4.69) is 40.3 Å². The Morgan fingerprint density at radius 1 is 1.35 bits per heavy atom. The van der Waals surface area contributed by atoms with E-state index in [1.807, 2.05) is 0 Å². The first-order valence-electron chi connectivity index (χ1n) is 8.53. The van der Waals surface area contributed by atoms with Crippen molar-refractivity contribution in [1.29, 1.82) is 0 Å². The molecule has 2 aliphatic rings. The van der Waals surface area contributed by atoms with Crippen LogP contribution in [0.15, 0.2) is 12.3 Å². The van der Waals surface area contributed by atoms with Crippen LogP contribution in [0.1, 0.15) is 55.1 Å². The molecule has 4 rings (SSSR count). The maximum Gasteiger partial charge on any atom is 0.135 e. The minimum absolute atomic E-state index is 0.344. The van der Waals surface area contributed by atoms with Crippen LogP contribution in [0.5, 0.6) is 0 Å². The molecule has 0 spiro atoms. The Hall–Kier alpha value is -1.66. The van der Waals surface area contributed by atoms with Crippen LogP contribution in [0.2, 0.25) is 0 Å². The molecule has 2 aromatic heterocycles. The van der Waals surface area contributed by atoms with Crippen molar-refractivity contribution in [3.05, 3.63) is 35.2 Å². The van der Waals surface area contributed by atoms with E-state index in [1.54, 1.807) is 0 Å². The predicted molar refractivity (Wildman–Crippen MR) is 85.2 cm³/mol. The minimum Gasteiger partial charge on any atom is -0.373 e. The molecule has 4 heterocycles. The van der Waals surface area contributed by atoms with E-state index in [-0.39, 0.29) is 0 Å². The summed E-state index contributed by atoms with van der Waals surface area (Å²) in [4.78, 5) is 4.65. The van der Waals surface area contributed by atoms with E-state index < -0.39 is 0 Å². The topological polar surface area (TPSA) is 54.1 Å². The van der Waals surface area contributed by atoms with E-state index in [1.165, 1.54) is 5.69 Å². The smallest absolute Gasteiger partial charge is 0.135 e. The number of rotatable bonds is 4. The second-order valence-electron chi connectivity index (χ2n) is 6.55. The Morgan fingerprint density at radius 3 is 3.09 bits per heavy atom. The molecule has 2 aliphatic heterocycles. The van der Waals surface area contributed by atoms with Gasteiger partial charge in [-0.3, -0.25) is 4.68 Å². The number of imidazole rings is 1. The third kappa shape index (κ3) is 2.81. The average molecular weight is 316 g/mol. The van der Waals surface area contributed by atoms with Gasteiger partial charge in [0.15, 0.2) is 0 Å². The number of hydrogen-bond donors (Lipinski definition) is 0. The standard InChI is InChI=1S/C17H24N4O2/c1-3-13-8-20-14(9-23-11-17(20)18-13)6-12(2)16-7-15-10-22-5-4-21(15)19-16/h7-8,12,14H,3-6,9-11H2,1-2H3. The molecule has 2 atom stereocenters. The van der Waals surface area contributed by atoms with Gasteiger partial charge in [-0.05, 0) is 18.9 Å². The predicted octanol–water partition coefficient (Wildman–Crippen LogP) is 2.44. The van der Waals surface area contributed by atoms with Crippen molar-refractivity contribution < 1.29 is 9.47 Å². The Bertz CT molecular complexity index is 667. The van der Waals surface area contributed by atoms with Crippen LogP contribution in [-0.2, 0) is 35.7 Å². The molecule has 0 aromatic carbocycles. The van der Waals surface area contributed by atoms with Crippen molar-refractivity contribution in [3.8, 4) is 0 Å². The first-order valence-corrected chi connectivity index (χ1v) is 8.53. The van der Waals surface area contributed by atoms with Crippen LogP contribution in [0.4, 0.5) is 0 Å². The van der Waals surface area contributed by atoms with Gasteiger partial charge in [0.2, 0.25) is 0 Å². The van der Waals surface area contributed by atoms with Gasteiger partial charge >= 0.3 is 0 Å². The van der Waals surface area contributed by atoms with E-state index in [0.29, 0.717) is 25.2 Å². The first-order chi connectivity index (χ1) is 11.2. The lowest BCUT2D eigenvalue weighted by Crippen LogP contribution is -2.24. The number of ether oxygens (including phenoxy) is 2. The van der Waals surface area contributed by atoms with Gasteiger partial charge in [0.25, 0.3) is 0 Å². The molecule has 6 nitrogen and oxygen atoms in total. The molecule has 0 radical (unpaired) electrons. The Morgan fingerprint density at radius 2 is 2.26 bits per heavy atom. The number of hydrogen-bond acceptors (Lipinski definition) is 4. The lowest BCUT2D eigenvalue weighted by molar-refractivity contribution is 0.0500. The van der Waals surface area contributed by atoms with Crippen molar-refractivity contribution in [1.82, 2.24) is 19.3 Å². The van der Waals surface area contributed by atoms with Gasteiger partial charge in [-0.15, -0.1) is 0 Å². The highest BCUT2D eigenvalue weighted by molar-refractivity contribution is 5.15. The van der Waals surface area contributed by atoms with Crippen LogP contribution in [0.3, 0.4) is 0 Å². The van der Waals surface area contributed by atoms with Crippen molar-refractivity contribution in [2.75, 3.05) is 13.2 Å². The number of fused-ring (bicyclic) bond motifs is 2. The normalized spacial score (nSPS) is 21.7. The molecular weight excluding hydrogens is 292 g/mol. The molecular formula is C17H24N4O2. The van der Waals surface area contributed by atoms with Gasteiger partial charge in [0.05, 0.1) is 49.5 Å². The van der Waals surface area contributed by atoms with E-state index in [0.717, 1.165) is 49.8 Å². The van der Waals surface area contributed by atoms with Crippen LogP contribution in [-0.4, -0.2) is 32.5 Å². The summed E-state index contributed by atoms with van der Waals surface area (Å²) < 4.78 is 15.7. The van der Waals surface area contributed by atoms with Crippen molar-refractivity contribution in [3.63, 3.8) is 0 Å². The number of aryl methyl sites for hydroxylation is 1. The molecule has 124 valence electrons. The molecule has 0 N–H and O–H groups in total. The first kappa shape index (κ1) is 14.9. The molecule has 0 saturated heterocycles. The lowest BCUT2D eigenvalue weighted by Gasteiger charge is -2.27. The molecule has 0 aliphatic carbocycles. The molecule has 0 amide bonds. The molecule has 0 saturated carbocycles. The van der Waals surface area contributed by atoms with Crippen LogP contribution >= 0.6 is 0 Å². The molecule has 0 bridgehead atoms. The second-order valence-corrected chi connectivity index (χ2v) is 6.55. The summed E-state index contributed by atoms with van der Waals surface area (Å²) in [5.74, 6) is 1.45. The van der Waals surface area contributed by atoms with Gasteiger partial charge in [0, 0.05) is 12.1 Å². The monoisotopic (exact) mass is 316 g/mol. The zero-order valence-electron chi connectivity index (χ0n) is 13.9. The lowest BCUT2D eigenvalue weighted by atomic mass is 9.98. The van der Waals surface area contributed by atoms with Gasteiger partial charge in [-0.25, -0.2) is 4.98 Å². The fourth-order valence-corrected chi connectivity index (χ4v) is 3.51. The van der Waals surface area contributed by atoms with Crippen LogP contribution in [0, 0.1) is 0 Å². The average Bonchev–Trinajstić information content (AvgIpc) is 3.19. The van der Waals surface area contributed by atoms with E-state index >= 15 is 0 Å². The fraction of sp³-hybridized carbons (Fsp3) is 0.647. The van der Waals surface area contributed by atoms with Gasteiger partial charge in [0.1, 0.15) is 12.4 Å². The third-order valence-corrected chi connectivity index (χ3v) is 4.87. The summed E-state index contributed by atoms with van der Waals surface area (Å²) in [7, 11) is 0. The highest BCUT2D eigenvalue weighted by atomic mass is 16.5. The summed E-state index contributed by atoms with van der Waals surface area (Å²) >= 11 is 0. The molecule has 2 unspecified atom stereocenters. The largest absolute Gasteiger partial charge is 0.373 e. The SMILES string of the molecule is CCc1cn2c(n1)COCC2CC(C)c1cc2n(n1)CCOC2. The molecule has 6 heteroatoms. The summed E-state index contributed by atoms with van der Waals surface area (Å²) in [6, 6.07) is 2.54. The Labute approximate surface area is 136 Å². The summed E-state index contributed by atoms with van der Waals surface area (Å²) in [5, 5.41) is 4.76. The highest BCUT2D eigenvalue weighted by Gasteiger charge is 2.25. The van der Waals surface area contributed by atoms with Gasteiger partial charge in [-0.1, -0.05) is 13.8 Å². The zero-order valence-corrected chi connectivity index (χ0v) is 13.9. The maximum absolute atomic E-state index is 5.76. The van der Waals surface area contributed by atoms with Crippen molar-refractivity contribution in [2.24, 2.45) is 0 Å². The van der Waals surface area contributed by atoms with Crippen molar-refractivity contribution in [2.45, 2.75) is 58.4 Å². The van der Waals surface area contributed by atoms with Gasteiger partial charge < -0.3 is 14.0 Å². The molecule has 0 fully saturated rings. The fourth-order valence-electron chi connectivity index (χ4n) is 3.51. The highest BCUT2D eigenvalue weighted by Crippen LogP contribution is 2.30. The summed E-state index contributed by atoms with van der Waals surface area (Å²) in [6.07, 6.45) is 4.18. The molecule has 2 aromatic rings. The van der Waals surface area contributed by atoms with E-state index in [9.17, 15) is 0 Å². The van der Waals surface area contributed by atoms with E-state index in [4.69, 9.17) is 14.6 Å². The minimum atomic E-state index is 0.344. The number of nitrogens with zero attached hydrogens (tertiary/aromatic N) is 4. The van der Waals surface area contributed by atoms with Crippen LogP contribution in [0.25, 0.3) is 0 Å². The van der Waals surface area contributed by atoms with Crippen LogP contribution < -0.4 is 0 Å². The van der Waals surface area contributed by atoms with Gasteiger partial charge in [-0.2, -0.15) is 5.10 Å². The summed E-state index contributed by atoms with van der Waals surface area (Å²) in [6.45, 7) is 8.08. The second kappa shape index (κ2) is 6.09. The zero-order chi connectivity index (χ0) is 15.8. The summed E-state index contributed by atoms with van der Waals surface area (Å²) in [5.41, 5.74) is 3.50. The molecule has 23 heavy (non-hydrogen) atoms. The Balaban J connectivity index is 1.52. The third-order valence-electron chi connectivity index (χ3n) is 4.87. The maximum atomic E-state index is 5.76. The van der Waals surface area contributed by atoms with Crippen molar-refractivity contribution >= 4 is 0 Å². The number of aromatic nitrogens is 4.